The molecule has 1 aliphatic heterocycles. The first-order chi connectivity index (χ1) is 14.4. The molecule has 7 nitrogen and oxygen atoms in total. The summed E-state index contributed by atoms with van der Waals surface area (Å²) in [7, 11) is 1.68. The van der Waals surface area contributed by atoms with Crippen LogP contribution in [-0.4, -0.2) is 44.4 Å². The Morgan fingerprint density at radius 2 is 1.77 bits per heavy atom. The van der Waals surface area contributed by atoms with Crippen molar-refractivity contribution in [2.45, 2.75) is 38.8 Å². The molecule has 1 aliphatic rings. The van der Waals surface area contributed by atoms with Crippen LogP contribution in [-0.2, 0) is 4.74 Å². The summed E-state index contributed by atoms with van der Waals surface area (Å²) in [5.74, 6) is 0.633. The zero-order valence-electron chi connectivity index (χ0n) is 17.6. The highest BCUT2D eigenvalue weighted by atomic mass is 16.5. The number of nitrogens with one attached hydrogen (secondary N) is 1. The van der Waals surface area contributed by atoms with Gasteiger partial charge in [-0.15, -0.1) is 0 Å². The SMILES string of the molecule is CC(C)NC(=O)N(C)c1ccc(OC(=O)c2ccc(OCC3CCCO3)cc2)cc1. The van der Waals surface area contributed by atoms with E-state index in [4.69, 9.17) is 14.2 Å². The monoisotopic (exact) mass is 412 g/mol. The average Bonchev–Trinajstić information content (AvgIpc) is 3.26. The Hall–Kier alpha value is -3.06. The lowest BCUT2D eigenvalue weighted by atomic mass is 10.2. The molecule has 1 heterocycles. The molecule has 1 atom stereocenters. The van der Waals surface area contributed by atoms with Crippen LogP contribution >= 0.6 is 0 Å². The van der Waals surface area contributed by atoms with Gasteiger partial charge < -0.3 is 19.5 Å². The van der Waals surface area contributed by atoms with Crippen molar-refractivity contribution in [2.24, 2.45) is 0 Å². The standard InChI is InChI=1S/C23H28N2O5/c1-16(2)24-23(27)25(3)18-8-12-20(13-9-18)30-22(26)17-6-10-19(11-7-17)29-15-21-5-4-14-28-21/h6-13,16,21H,4-5,14-15H2,1-3H3,(H,24,27). The van der Waals surface area contributed by atoms with Crippen molar-refractivity contribution in [1.82, 2.24) is 5.32 Å². The molecule has 1 N–H and O–H groups in total. The molecule has 30 heavy (non-hydrogen) atoms. The Balaban J connectivity index is 1.53. The number of hydrogen-bond acceptors (Lipinski definition) is 5. The van der Waals surface area contributed by atoms with Crippen molar-refractivity contribution < 1.29 is 23.8 Å². The van der Waals surface area contributed by atoms with E-state index in [1.54, 1.807) is 55.6 Å². The number of anilines is 1. The number of hydrogen-bond donors (Lipinski definition) is 1. The lowest BCUT2D eigenvalue weighted by Crippen LogP contribution is -2.40. The first kappa shape index (κ1) is 21.6. The molecule has 2 aromatic carbocycles. The molecule has 1 saturated heterocycles. The van der Waals surface area contributed by atoms with Gasteiger partial charge in [-0.3, -0.25) is 4.90 Å². The van der Waals surface area contributed by atoms with E-state index in [2.05, 4.69) is 5.32 Å². The molecule has 2 amide bonds. The Labute approximate surface area is 176 Å². The maximum Gasteiger partial charge on any atom is 0.343 e. The van der Waals surface area contributed by atoms with E-state index in [1.165, 1.54) is 4.90 Å². The minimum Gasteiger partial charge on any atom is -0.491 e. The van der Waals surface area contributed by atoms with Crippen molar-refractivity contribution in [2.75, 3.05) is 25.2 Å². The Bertz CT molecular complexity index is 843. The third-order valence-corrected chi connectivity index (χ3v) is 4.70. The van der Waals surface area contributed by atoms with Crippen molar-refractivity contribution >= 4 is 17.7 Å². The second-order valence-corrected chi connectivity index (χ2v) is 7.52. The second kappa shape index (κ2) is 10.1. The van der Waals surface area contributed by atoms with Gasteiger partial charge >= 0.3 is 12.0 Å². The number of carbonyl (C=O) groups is 2. The summed E-state index contributed by atoms with van der Waals surface area (Å²) in [6.07, 6.45) is 2.23. The van der Waals surface area contributed by atoms with Gasteiger partial charge in [-0.05, 0) is 75.2 Å². The highest BCUT2D eigenvalue weighted by Crippen LogP contribution is 2.21. The van der Waals surface area contributed by atoms with E-state index >= 15 is 0 Å². The number of amides is 2. The maximum absolute atomic E-state index is 12.4. The summed E-state index contributed by atoms with van der Waals surface area (Å²) < 4.78 is 16.7. The van der Waals surface area contributed by atoms with Crippen LogP contribution in [0.15, 0.2) is 48.5 Å². The van der Waals surface area contributed by atoms with E-state index in [9.17, 15) is 9.59 Å². The van der Waals surface area contributed by atoms with Crippen LogP contribution in [0.4, 0.5) is 10.5 Å². The van der Waals surface area contributed by atoms with Gasteiger partial charge in [-0.2, -0.15) is 0 Å². The number of nitrogens with zero attached hydrogens (tertiary/aromatic N) is 1. The fourth-order valence-electron chi connectivity index (χ4n) is 3.02. The van der Waals surface area contributed by atoms with Gasteiger partial charge in [0.2, 0.25) is 0 Å². The molecule has 160 valence electrons. The summed E-state index contributed by atoms with van der Waals surface area (Å²) in [6.45, 7) is 5.11. The first-order valence-corrected chi connectivity index (χ1v) is 10.1. The number of urea groups is 1. The van der Waals surface area contributed by atoms with E-state index in [0.717, 1.165) is 19.4 Å². The van der Waals surface area contributed by atoms with E-state index in [0.29, 0.717) is 29.4 Å². The van der Waals surface area contributed by atoms with Gasteiger partial charge in [-0.25, -0.2) is 9.59 Å². The van der Waals surface area contributed by atoms with E-state index < -0.39 is 5.97 Å². The number of carbonyl (C=O) groups excluding carboxylic acids is 2. The Morgan fingerprint density at radius 1 is 1.10 bits per heavy atom. The normalized spacial score (nSPS) is 15.7. The molecular weight excluding hydrogens is 384 g/mol. The highest BCUT2D eigenvalue weighted by molar-refractivity contribution is 5.92. The summed E-state index contributed by atoms with van der Waals surface area (Å²) >= 11 is 0. The molecule has 0 saturated carbocycles. The molecule has 0 aromatic heterocycles. The maximum atomic E-state index is 12.4. The van der Waals surface area contributed by atoms with Crippen molar-refractivity contribution in [3.8, 4) is 11.5 Å². The van der Waals surface area contributed by atoms with Crippen molar-refractivity contribution in [3.05, 3.63) is 54.1 Å². The second-order valence-electron chi connectivity index (χ2n) is 7.52. The molecule has 0 aliphatic carbocycles. The highest BCUT2D eigenvalue weighted by Gasteiger charge is 2.16. The molecule has 2 aromatic rings. The molecule has 1 fully saturated rings. The van der Waals surface area contributed by atoms with Gasteiger partial charge in [0.25, 0.3) is 0 Å². The van der Waals surface area contributed by atoms with Crippen LogP contribution in [0, 0.1) is 0 Å². The smallest absolute Gasteiger partial charge is 0.343 e. The Kier molecular flexibility index (Phi) is 7.30. The van der Waals surface area contributed by atoms with Gasteiger partial charge in [0.05, 0.1) is 11.7 Å². The van der Waals surface area contributed by atoms with E-state index in [1.807, 2.05) is 13.8 Å². The minimum absolute atomic E-state index is 0.0491. The molecule has 1 unspecified atom stereocenters. The van der Waals surface area contributed by atoms with Crippen LogP contribution < -0.4 is 19.7 Å². The molecule has 7 heteroatoms. The summed E-state index contributed by atoms with van der Waals surface area (Å²) in [5.41, 5.74) is 1.12. The number of esters is 1. The van der Waals surface area contributed by atoms with Crippen LogP contribution in [0.1, 0.15) is 37.0 Å². The van der Waals surface area contributed by atoms with Crippen LogP contribution in [0.5, 0.6) is 11.5 Å². The van der Waals surface area contributed by atoms with Gasteiger partial charge in [0, 0.05) is 25.4 Å². The topological polar surface area (TPSA) is 77.1 Å². The summed E-state index contributed by atoms with van der Waals surface area (Å²) in [4.78, 5) is 25.9. The number of ether oxygens (including phenoxy) is 3. The van der Waals surface area contributed by atoms with Crippen LogP contribution in [0.25, 0.3) is 0 Å². The summed E-state index contributed by atoms with van der Waals surface area (Å²) in [5, 5.41) is 2.82. The van der Waals surface area contributed by atoms with Gasteiger partial charge in [0.15, 0.2) is 0 Å². The first-order valence-electron chi connectivity index (χ1n) is 10.1. The van der Waals surface area contributed by atoms with Crippen LogP contribution in [0.3, 0.4) is 0 Å². The summed E-state index contributed by atoms with van der Waals surface area (Å²) in [6, 6.07) is 13.5. The van der Waals surface area contributed by atoms with E-state index in [-0.39, 0.29) is 18.2 Å². The third kappa shape index (κ3) is 5.97. The number of benzene rings is 2. The van der Waals surface area contributed by atoms with Crippen molar-refractivity contribution in [3.63, 3.8) is 0 Å². The predicted octanol–water partition coefficient (Wildman–Crippen LogP) is 4.02. The fourth-order valence-corrected chi connectivity index (χ4v) is 3.02. The number of rotatable bonds is 7. The van der Waals surface area contributed by atoms with Gasteiger partial charge in [-0.1, -0.05) is 0 Å². The lowest BCUT2D eigenvalue weighted by molar-refractivity contribution is 0.0678. The van der Waals surface area contributed by atoms with Crippen LogP contribution in [0.2, 0.25) is 0 Å². The third-order valence-electron chi connectivity index (χ3n) is 4.70. The molecule has 0 spiro atoms. The van der Waals surface area contributed by atoms with Crippen molar-refractivity contribution in [1.29, 1.82) is 0 Å². The molecule has 0 bridgehead atoms. The quantitative estimate of drug-likeness (QED) is 0.549. The zero-order chi connectivity index (χ0) is 21.5. The molecule has 3 rings (SSSR count). The lowest BCUT2D eigenvalue weighted by Gasteiger charge is -2.20. The zero-order valence-corrected chi connectivity index (χ0v) is 17.6. The average molecular weight is 412 g/mol. The Morgan fingerprint density at radius 3 is 2.37 bits per heavy atom. The molecule has 0 radical (unpaired) electrons. The fraction of sp³-hybridized carbons (Fsp3) is 0.391. The predicted molar refractivity (Wildman–Crippen MR) is 114 cm³/mol. The molecular formula is C23H28N2O5. The van der Waals surface area contributed by atoms with Gasteiger partial charge in [0.1, 0.15) is 18.1 Å². The largest absolute Gasteiger partial charge is 0.491 e. The minimum atomic E-state index is -0.459.